The molecule has 0 radical (unpaired) electrons. The van der Waals surface area contributed by atoms with Gasteiger partial charge in [0.25, 0.3) is 0 Å². The van der Waals surface area contributed by atoms with E-state index in [1.54, 1.807) is 6.20 Å². The van der Waals surface area contributed by atoms with Gasteiger partial charge in [-0.15, -0.1) is 0 Å². The van der Waals surface area contributed by atoms with Crippen molar-refractivity contribution in [3.8, 4) is 0 Å². The summed E-state index contributed by atoms with van der Waals surface area (Å²) in [6.45, 7) is 6.05. The second-order valence-corrected chi connectivity index (χ2v) is 8.45. The molecular weight excluding hydrogens is 414 g/mol. The van der Waals surface area contributed by atoms with Gasteiger partial charge in [0.15, 0.2) is 11.2 Å². The van der Waals surface area contributed by atoms with Crippen LogP contribution in [0.5, 0.6) is 0 Å². The van der Waals surface area contributed by atoms with Gasteiger partial charge in [-0.3, -0.25) is 9.59 Å². The number of anilines is 1. The molecule has 32 heavy (non-hydrogen) atoms. The van der Waals surface area contributed by atoms with E-state index >= 15 is 0 Å². The number of carbonyl (C=O) groups is 2. The summed E-state index contributed by atoms with van der Waals surface area (Å²) in [5.74, 6) is -1.17. The molecule has 1 saturated heterocycles. The maximum absolute atomic E-state index is 11.7. The Morgan fingerprint density at radius 3 is 2.56 bits per heavy atom. The van der Waals surface area contributed by atoms with Crippen LogP contribution in [0.25, 0.3) is 11.0 Å². The highest BCUT2D eigenvalue weighted by Crippen LogP contribution is 2.37. The summed E-state index contributed by atoms with van der Waals surface area (Å²) in [7, 11) is 0. The molecule has 11 nitrogen and oxygen atoms in total. The van der Waals surface area contributed by atoms with Crippen molar-refractivity contribution in [1.82, 2.24) is 14.8 Å². The second kappa shape index (κ2) is 8.73. The average molecular weight is 444 g/mol. The molecule has 0 unspecified atom stereocenters. The lowest BCUT2D eigenvalue weighted by Gasteiger charge is -2.26. The molecule has 4 rings (SSSR count). The molecule has 2 aromatic heterocycles. The number of primary amides is 2. The lowest BCUT2D eigenvalue weighted by atomic mass is 9.87. The van der Waals surface area contributed by atoms with Crippen LogP contribution in [0.3, 0.4) is 0 Å². The van der Waals surface area contributed by atoms with Gasteiger partial charge < -0.3 is 26.4 Å². The Balaban J connectivity index is 1.76. The van der Waals surface area contributed by atoms with E-state index in [4.69, 9.17) is 21.0 Å². The van der Waals surface area contributed by atoms with Gasteiger partial charge in [0.05, 0.1) is 35.3 Å². The summed E-state index contributed by atoms with van der Waals surface area (Å²) in [6, 6.07) is 0.224. The smallest absolute Gasteiger partial charge is 0.221 e. The van der Waals surface area contributed by atoms with Crippen molar-refractivity contribution in [1.29, 1.82) is 0 Å². The molecule has 11 heteroatoms. The van der Waals surface area contributed by atoms with E-state index in [0.29, 0.717) is 25.5 Å². The minimum absolute atomic E-state index is 0.159. The molecule has 0 spiro atoms. The number of aryl methyl sites for hydroxylation is 2. The number of nitrogens with one attached hydrogen (secondary N) is 1. The number of hydrogen-bond acceptors (Lipinski definition) is 8. The number of nitrogens with zero attached hydrogens (tertiary/aromatic N) is 4. The van der Waals surface area contributed by atoms with E-state index in [2.05, 4.69) is 20.6 Å². The van der Waals surface area contributed by atoms with Crippen LogP contribution >= 0.6 is 0 Å². The van der Waals surface area contributed by atoms with Crippen molar-refractivity contribution in [2.75, 3.05) is 18.5 Å². The molecule has 2 aromatic rings. The lowest BCUT2D eigenvalue weighted by molar-refractivity contribution is -0.131. The van der Waals surface area contributed by atoms with Gasteiger partial charge in [0.1, 0.15) is 0 Å². The van der Waals surface area contributed by atoms with E-state index in [9.17, 15) is 9.59 Å². The number of ether oxygens (including phenoxy) is 1. The van der Waals surface area contributed by atoms with Crippen molar-refractivity contribution in [3.05, 3.63) is 17.5 Å². The molecule has 2 aliphatic rings. The summed E-state index contributed by atoms with van der Waals surface area (Å²) in [5.41, 5.74) is 13.5. The van der Waals surface area contributed by atoms with Crippen LogP contribution in [0.4, 0.5) is 5.69 Å². The highest BCUT2D eigenvalue weighted by molar-refractivity contribution is 6.11. The number of aromatic nitrogens is 3. The maximum Gasteiger partial charge on any atom is 0.221 e. The van der Waals surface area contributed by atoms with Crippen molar-refractivity contribution in [2.24, 2.45) is 16.6 Å². The van der Waals surface area contributed by atoms with Crippen molar-refractivity contribution in [2.45, 2.75) is 64.1 Å². The van der Waals surface area contributed by atoms with Crippen LogP contribution in [0, 0.1) is 6.92 Å². The number of carbonyl (C=O) groups excluding carboxylic acids is 2. The number of pyridine rings is 1. The van der Waals surface area contributed by atoms with Crippen molar-refractivity contribution < 1.29 is 19.2 Å². The van der Waals surface area contributed by atoms with Gasteiger partial charge in [-0.05, 0) is 26.7 Å². The molecule has 0 aromatic carbocycles. The quantitative estimate of drug-likeness (QED) is 0.548. The third kappa shape index (κ3) is 4.24. The highest BCUT2D eigenvalue weighted by atomic mass is 16.7. The number of oxime groups is 1. The predicted octanol–water partition coefficient (Wildman–Crippen LogP) is 0.965. The Labute approximate surface area is 185 Å². The van der Waals surface area contributed by atoms with Crippen molar-refractivity contribution >= 4 is 34.2 Å². The topological polar surface area (TPSA) is 160 Å². The normalized spacial score (nSPS) is 18.4. The molecular formula is C21H29N7O4. The van der Waals surface area contributed by atoms with E-state index < -0.39 is 17.4 Å². The minimum Gasteiger partial charge on any atom is -0.387 e. The van der Waals surface area contributed by atoms with Crippen LogP contribution < -0.4 is 16.8 Å². The van der Waals surface area contributed by atoms with E-state index in [1.165, 1.54) is 0 Å². The molecule has 0 aliphatic carbocycles. The van der Waals surface area contributed by atoms with Crippen LogP contribution in [0.2, 0.25) is 0 Å². The molecule has 172 valence electrons. The minimum atomic E-state index is -1.18. The number of amides is 2. The molecule has 0 bridgehead atoms. The molecule has 0 atom stereocenters. The van der Waals surface area contributed by atoms with Crippen LogP contribution in [-0.2, 0) is 25.7 Å². The second-order valence-electron chi connectivity index (χ2n) is 8.45. The largest absolute Gasteiger partial charge is 0.387 e. The monoisotopic (exact) mass is 443 g/mol. The number of rotatable bonds is 8. The van der Waals surface area contributed by atoms with Crippen LogP contribution in [0.15, 0.2) is 11.4 Å². The summed E-state index contributed by atoms with van der Waals surface area (Å²) >= 11 is 0. The van der Waals surface area contributed by atoms with Gasteiger partial charge >= 0.3 is 0 Å². The van der Waals surface area contributed by atoms with Gasteiger partial charge in [0, 0.05) is 44.0 Å². The zero-order valence-corrected chi connectivity index (χ0v) is 18.4. The number of nitrogens with two attached hydrogens (primary N) is 2. The summed E-state index contributed by atoms with van der Waals surface area (Å²) in [4.78, 5) is 33.6. The van der Waals surface area contributed by atoms with Gasteiger partial charge in [-0.2, -0.15) is 5.10 Å². The first-order valence-corrected chi connectivity index (χ1v) is 10.8. The van der Waals surface area contributed by atoms with E-state index in [0.717, 1.165) is 40.8 Å². The SMILES string of the molecule is CCn1nc(C)c2c(NC3CCOCC3)c(C3=NOC(CC(N)=O)(CC(N)=O)C3)cnc21. The van der Waals surface area contributed by atoms with Gasteiger partial charge in [-0.25, -0.2) is 9.67 Å². The number of fused-ring (bicyclic) bond motifs is 1. The Hall–Kier alpha value is -3.21. The summed E-state index contributed by atoms with van der Waals surface area (Å²) in [6.07, 6.45) is 3.39. The first-order valence-electron chi connectivity index (χ1n) is 10.8. The zero-order valence-electron chi connectivity index (χ0n) is 18.4. The predicted molar refractivity (Wildman–Crippen MR) is 118 cm³/mol. The summed E-state index contributed by atoms with van der Waals surface area (Å²) < 4.78 is 7.36. The Morgan fingerprint density at radius 2 is 1.94 bits per heavy atom. The molecule has 0 saturated carbocycles. The van der Waals surface area contributed by atoms with E-state index in [1.807, 2.05) is 18.5 Å². The maximum atomic E-state index is 11.7. The fourth-order valence-corrected chi connectivity index (χ4v) is 4.51. The van der Waals surface area contributed by atoms with E-state index in [-0.39, 0.29) is 25.3 Å². The fraction of sp³-hybridized carbons (Fsp3) is 0.571. The third-order valence-corrected chi connectivity index (χ3v) is 5.95. The Morgan fingerprint density at radius 1 is 1.25 bits per heavy atom. The Kier molecular flexibility index (Phi) is 6.00. The number of hydrogen-bond donors (Lipinski definition) is 3. The van der Waals surface area contributed by atoms with Gasteiger partial charge in [-0.1, -0.05) is 5.16 Å². The van der Waals surface area contributed by atoms with Crippen LogP contribution in [-0.4, -0.2) is 57.1 Å². The molecule has 2 amide bonds. The highest BCUT2D eigenvalue weighted by Gasteiger charge is 2.43. The molecule has 4 heterocycles. The first-order chi connectivity index (χ1) is 15.3. The molecule has 5 N–H and O–H groups in total. The third-order valence-electron chi connectivity index (χ3n) is 5.95. The van der Waals surface area contributed by atoms with Crippen LogP contribution in [0.1, 0.15) is 50.3 Å². The lowest BCUT2D eigenvalue weighted by Crippen LogP contribution is -2.39. The average Bonchev–Trinajstić information content (AvgIpc) is 3.29. The van der Waals surface area contributed by atoms with Gasteiger partial charge in [0.2, 0.25) is 11.8 Å². The Bertz CT molecular complexity index is 1060. The molecule has 1 fully saturated rings. The molecule has 2 aliphatic heterocycles. The standard InChI is InChI=1S/C21H29N7O4/c1-3-28-20-18(12(2)26-28)19(25-13-4-6-31-7-5-13)14(11-24-20)15-8-21(32-27-15,9-16(22)29)10-17(23)30/h11,13H,3-10H2,1-2H3,(H2,22,29)(H2,23,30)(H,24,25). The first kappa shape index (κ1) is 22.0. The summed E-state index contributed by atoms with van der Waals surface area (Å²) in [5, 5.41) is 13.5. The fourth-order valence-electron chi connectivity index (χ4n) is 4.51. The zero-order chi connectivity index (χ0) is 22.9. The van der Waals surface area contributed by atoms with Crippen molar-refractivity contribution in [3.63, 3.8) is 0 Å².